The average Bonchev–Trinajstić information content (AvgIpc) is 3.43. The predicted molar refractivity (Wildman–Crippen MR) is 184 cm³/mol. The SMILES string of the molecule is C=CC(=O)N1CC2C(=O)N(C)c3c(c4cc(F)c(-c5c(C)ccc6[nH]nc(N)c56)nc4n(-c4c(C)ccnc4C(C)C)c3=O)N2CC1C. The summed E-state index contributed by atoms with van der Waals surface area (Å²) >= 11 is 0. The molecule has 0 bridgehead atoms. The second-order valence-corrected chi connectivity index (χ2v) is 12.9. The maximum atomic E-state index is 16.7. The van der Waals surface area contributed by atoms with Crippen LogP contribution in [0.2, 0.25) is 0 Å². The number of carbonyl (C=O) groups excluding carboxylic acids is 2. The van der Waals surface area contributed by atoms with Gasteiger partial charge in [0, 0.05) is 36.8 Å². The topological polar surface area (TPSA) is 146 Å². The lowest BCUT2D eigenvalue weighted by atomic mass is 9.96. The third-order valence-electron chi connectivity index (χ3n) is 9.62. The Morgan fingerprint density at radius 2 is 1.88 bits per heavy atom. The number of anilines is 3. The highest BCUT2D eigenvalue weighted by Crippen LogP contribution is 2.44. The number of nitrogens with two attached hydrogens (primary N) is 1. The first-order valence-electron chi connectivity index (χ1n) is 15.8. The quantitative estimate of drug-likeness (QED) is 0.273. The van der Waals surface area contributed by atoms with E-state index in [1.54, 1.807) is 11.1 Å². The smallest absolute Gasteiger partial charge is 0.283 e. The lowest BCUT2D eigenvalue weighted by molar-refractivity contribution is -0.130. The van der Waals surface area contributed by atoms with Crippen LogP contribution in [0.15, 0.2) is 47.9 Å². The van der Waals surface area contributed by atoms with Crippen LogP contribution in [-0.2, 0) is 9.59 Å². The molecule has 0 spiro atoms. The normalized spacial score (nSPS) is 17.8. The number of halogens is 1. The summed E-state index contributed by atoms with van der Waals surface area (Å²) in [4.78, 5) is 56.1. The number of likely N-dealkylation sites (N-methyl/N-ethyl adjacent to an activating group) is 1. The number of pyridine rings is 3. The molecule has 246 valence electrons. The van der Waals surface area contributed by atoms with Crippen LogP contribution in [0.25, 0.3) is 38.9 Å². The van der Waals surface area contributed by atoms with Gasteiger partial charge in [-0.25, -0.2) is 9.37 Å². The third-order valence-corrected chi connectivity index (χ3v) is 9.62. The van der Waals surface area contributed by atoms with Gasteiger partial charge in [0.05, 0.1) is 34.5 Å². The zero-order chi connectivity index (χ0) is 34.3. The van der Waals surface area contributed by atoms with Crippen LogP contribution in [-0.4, -0.2) is 73.7 Å². The minimum absolute atomic E-state index is 0.00555. The molecule has 2 aliphatic rings. The molecule has 6 heterocycles. The highest BCUT2D eigenvalue weighted by Gasteiger charge is 2.46. The van der Waals surface area contributed by atoms with Crippen LogP contribution in [0.3, 0.4) is 0 Å². The fraction of sp³-hybridized carbons (Fsp3) is 0.314. The molecule has 1 saturated heterocycles. The molecule has 1 fully saturated rings. The second-order valence-electron chi connectivity index (χ2n) is 12.9. The van der Waals surface area contributed by atoms with Crippen LogP contribution in [0.5, 0.6) is 0 Å². The summed E-state index contributed by atoms with van der Waals surface area (Å²) in [5.74, 6) is -1.17. The molecule has 2 atom stereocenters. The number of nitrogen functional groups attached to an aromatic ring is 1. The number of benzene rings is 1. The Morgan fingerprint density at radius 3 is 2.58 bits per heavy atom. The summed E-state index contributed by atoms with van der Waals surface area (Å²) in [6.07, 6.45) is 2.92. The van der Waals surface area contributed by atoms with Crippen molar-refractivity contribution in [2.75, 3.05) is 35.7 Å². The van der Waals surface area contributed by atoms with E-state index in [2.05, 4.69) is 21.8 Å². The molecule has 3 N–H and O–H groups in total. The van der Waals surface area contributed by atoms with Gasteiger partial charge < -0.3 is 20.4 Å². The van der Waals surface area contributed by atoms with Crippen molar-refractivity contribution < 1.29 is 14.0 Å². The molecule has 48 heavy (non-hydrogen) atoms. The number of piperazine rings is 1. The number of aryl methyl sites for hydroxylation is 2. The fourth-order valence-corrected chi connectivity index (χ4v) is 7.26. The number of carbonyl (C=O) groups is 2. The molecule has 7 rings (SSSR count). The molecule has 0 radical (unpaired) electrons. The van der Waals surface area contributed by atoms with E-state index in [1.807, 2.05) is 57.7 Å². The second kappa shape index (κ2) is 11.0. The zero-order valence-corrected chi connectivity index (χ0v) is 27.6. The molecule has 1 aromatic carbocycles. The number of fused-ring (bicyclic) bond motifs is 6. The molecule has 2 aliphatic heterocycles. The van der Waals surface area contributed by atoms with E-state index in [4.69, 9.17) is 10.7 Å². The number of hydrogen-bond acceptors (Lipinski definition) is 8. The van der Waals surface area contributed by atoms with Gasteiger partial charge in [0.15, 0.2) is 11.5 Å². The van der Waals surface area contributed by atoms with E-state index < -0.39 is 17.4 Å². The van der Waals surface area contributed by atoms with E-state index in [0.29, 0.717) is 38.9 Å². The summed E-state index contributed by atoms with van der Waals surface area (Å²) in [6.45, 7) is 13.5. The molecule has 5 aromatic rings. The number of aromatic nitrogens is 5. The average molecular weight is 650 g/mol. The van der Waals surface area contributed by atoms with E-state index in [9.17, 15) is 14.4 Å². The minimum atomic E-state index is -0.808. The van der Waals surface area contributed by atoms with Crippen molar-refractivity contribution >= 4 is 50.9 Å². The first-order chi connectivity index (χ1) is 22.8. The summed E-state index contributed by atoms with van der Waals surface area (Å²) in [7, 11) is 1.54. The molecule has 2 unspecified atom stereocenters. The van der Waals surface area contributed by atoms with Crippen molar-refractivity contribution in [3.63, 3.8) is 0 Å². The van der Waals surface area contributed by atoms with E-state index in [-0.39, 0.29) is 59.7 Å². The Labute approximate surface area is 275 Å². The van der Waals surface area contributed by atoms with Gasteiger partial charge in [0.25, 0.3) is 11.5 Å². The van der Waals surface area contributed by atoms with Gasteiger partial charge in [-0.2, -0.15) is 5.10 Å². The molecule has 4 aromatic heterocycles. The number of amides is 2. The number of hydrogen-bond donors (Lipinski definition) is 2. The Bertz CT molecular complexity index is 2270. The molecule has 2 amide bonds. The number of nitrogens with one attached hydrogen (secondary N) is 1. The maximum absolute atomic E-state index is 16.7. The summed E-state index contributed by atoms with van der Waals surface area (Å²) < 4.78 is 18.2. The van der Waals surface area contributed by atoms with Crippen LogP contribution in [0, 0.1) is 19.7 Å². The molecule has 13 heteroatoms. The van der Waals surface area contributed by atoms with Crippen molar-refractivity contribution in [2.24, 2.45) is 0 Å². The fourth-order valence-electron chi connectivity index (χ4n) is 7.26. The Morgan fingerprint density at radius 1 is 1.12 bits per heavy atom. The van der Waals surface area contributed by atoms with Gasteiger partial charge in [-0.1, -0.05) is 26.5 Å². The van der Waals surface area contributed by atoms with Gasteiger partial charge in [0.2, 0.25) is 5.91 Å². The Hall–Kier alpha value is -5.59. The number of H-pyrrole nitrogens is 1. The van der Waals surface area contributed by atoms with Gasteiger partial charge in [-0.15, -0.1) is 0 Å². The first-order valence-corrected chi connectivity index (χ1v) is 15.8. The van der Waals surface area contributed by atoms with E-state index >= 15 is 4.39 Å². The molecular formula is C35H36FN9O3. The highest BCUT2D eigenvalue weighted by molar-refractivity contribution is 6.12. The molecule has 0 aliphatic carbocycles. The molecule has 12 nitrogen and oxygen atoms in total. The lowest BCUT2D eigenvalue weighted by Gasteiger charge is -2.49. The van der Waals surface area contributed by atoms with Gasteiger partial charge in [-0.3, -0.25) is 29.0 Å². The summed E-state index contributed by atoms with van der Waals surface area (Å²) in [6, 6.07) is 5.71. The first kappa shape index (κ1) is 31.0. The van der Waals surface area contributed by atoms with Gasteiger partial charge >= 0.3 is 0 Å². The van der Waals surface area contributed by atoms with Gasteiger partial charge in [0.1, 0.15) is 23.2 Å². The largest absolute Gasteiger partial charge is 0.382 e. The Balaban J connectivity index is 1.63. The lowest BCUT2D eigenvalue weighted by Crippen LogP contribution is -2.66. The molecule has 0 saturated carbocycles. The highest BCUT2D eigenvalue weighted by atomic mass is 19.1. The molecular weight excluding hydrogens is 613 g/mol. The van der Waals surface area contributed by atoms with Crippen LogP contribution in [0.1, 0.15) is 43.5 Å². The van der Waals surface area contributed by atoms with Crippen molar-refractivity contribution in [2.45, 2.75) is 52.6 Å². The number of aromatic amines is 1. The minimum Gasteiger partial charge on any atom is -0.382 e. The van der Waals surface area contributed by atoms with Crippen molar-refractivity contribution in [1.29, 1.82) is 0 Å². The third kappa shape index (κ3) is 4.33. The van der Waals surface area contributed by atoms with Crippen LogP contribution in [0.4, 0.5) is 21.6 Å². The standard InChI is InChI=1S/C35H36FN9O3/c1-8-24(46)43-15-23-34(47)42(7)31-30(44(23)14-19(43)6)20-13-21(36)28(25-17(4)9-10-22-26(25)32(37)41-40-22)39-33(20)45(35(31)48)29-18(5)11-12-38-27(29)16(2)3/h8-13,16,19,23H,1,14-15H2,2-7H3,(H3,37,40,41). The monoisotopic (exact) mass is 649 g/mol. The number of rotatable bonds is 4. The van der Waals surface area contributed by atoms with Crippen LogP contribution < -0.4 is 21.1 Å². The Kier molecular flexibility index (Phi) is 7.11. The zero-order valence-electron chi connectivity index (χ0n) is 27.6. The van der Waals surface area contributed by atoms with E-state index in [1.165, 1.54) is 28.7 Å². The van der Waals surface area contributed by atoms with Crippen molar-refractivity contribution in [3.8, 4) is 16.9 Å². The maximum Gasteiger partial charge on any atom is 0.283 e. The van der Waals surface area contributed by atoms with Crippen molar-refractivity contribution in [1.82, 2.24) is 29.6 Å². The number of nitrogens with zero attached hydrogens (tertiary/aromatic N) is 7. The van der Waals surface area contributed by atoms with E-state index in [0.717, 1.165) is 11.1 Å². The predicted octanol–water partition coefficient (Wildman–Crippen LogP) is 4.35. The van der Waals surface area contributed by atoms with Gasteiger partial charge in [-0.05, 0) is 62.1 Å². The summed E-state index contributed by atoms with van der Waals surface area (Å²) in [5, 5.41) is 7.90. The van der Waals surface area contributed by atoms with Crippen LogP contribution >= 0.6 is 0 Å². The summed E-state index contributed by atoms with van der Waals surface area (Å²) in [5.41, 5.74) is 10.2. The van der Waals surface area contributed by atoms with Crippen molar-refractivity contribution in [3.05, 3.63) is 76.1 Å².